The summed E-state index contributed by atoms with van der Waals surface area (Å²) in [5.74, 6) is -0.207. The van der Waals surface area contributed by atoms with Crippen molar-refractivity contribution in [3.8, 4) is 0 Å². The molecule has 0 aromatic rings. The van der Waals surface area contributed by atoms with Gasteiger partial charge in [-0.05, 0) is 18.9 Å². The highest BCUT2D eigenvalue weighted by Crippen LogP contribution is 2.04. The van der Waals surface area contributed by atoms with Crippen molar-refractivity contribution in [1.82, 2.24) is 0 Å². The molecule has 0 N–H and O–H groups in total. The second-order valence-corrected chi connectivity index (χ2v) is 3.31. The van der Waals surface area contributed by atoms with Crippen molar-refractivity contribution in [2.24, 2.45) is 5.92 Å². The van der Waals surface area contributed by atoms with Gasteiger partial charge in [0.15, 0.2) is 0 Å². The zero-order chi connectivity index (χ0) is 9.56. The lowest BCUT2D eigenvalue weighted by molar-refractivity contribution is -0.141. The van der Waals surface area contributed by atoms with Crippen LogP contribution < -0.4 is 0 Å². The minimum Gasteiger partial charge on any atom is -0.434 e. The molecule has 0 spiro atoms. The molecule has 0 saturated heterocycles. The predicted molar refractivity (Wildman–Crippen MR) is 49.6 cm³/mol. The molecule has 2 nitrogen and oxygen atoms in total. The van der Waals surface area contributed by atoms with Crippen molar-refractivity contribution in [3.05, 3.63) is 11.8 Å². The Balaban J connectivity index is 3.79. The van der Waals surface area contributed by atoms with Crippen LogP contribution in [0.3, 0.4) is 0 Å². The summed E-state index contributed by atoms with van der Waals surface area (Å²) in [5.41, 5.74) is 1.12. The van der Waals surface area contributed by atoms with E-state index >= 15 is 0 Å². The van der Waals surface area contributed by atoms with Crippen LogP contribution in [0.2, 0.25) is 0 Å². The lowest BCUT2D eigenvalue weighted by Gasteiger charge is -2.03. The van der Waals surface area contributed by atoms with Gasteiger partial charge in [0, 0.05) is 0 Å². The topological polar surface area (TPSA) is 26.3 Å². The van der Waals surface area contributed by atoms with Crippen molar-refractivity contribution in [1.29, 1.82) is 0 Å². The second kappa shape index (κ2) is 5.81. The monoisotopic (exact) mass is 170 g/mol. The minimum atomic E-state index is -0.162. The first-order chi connectivity index (χ1) is 5.57. The molecule has 0 aromatic carbocycles. The lowest BCUT2D eigenvalue weighted by Crippen LogP contribution is -2.08. The summed E-state index contributed by atoms with van der Waals surface area (Å²) in [4.78, 5) is 11.0. The Kier molecular flexibility index (Phi) is 5.43. The van der Waals surface area contributed by atoms with Gasteiger partial charge in [0.25, 0.3) is 0 Å². The van der Waals surface area contributed by atoms with Crippen LogP contribution in [0.25, 0.3) is 0 Å². The van der Waals surface area contributed by atoms with E-state index in [1.807, 2.05) is 20.8 Å². The van der Waals surface area contributed by atoms with Crippen LogP contribution in [0.4, 0.5) is 0 Å². The first-order valence-electron chi connectivity index (χ1n) is 4.44. The Labute approximate surface area is 74.6 Å². The third-order valence-corrected chi connectivity index (χ3v) is 1.49. The summed E-state index contributed by atoms with van der Waals surface area (Å²) >= 11 is 0. The number of ether oxygens (including phenoxy) is 1. The molecule has 2 heteroatoms. The average Bonchev–Trinajstić information content (AvgIpc) is 2.00. The fourth-order valence-electron chi connectivity index (χ4n) is 0.748. The smallest absolute Gasteiger partial charge is 0.313 e. The van der Waals surface area contributed by atoms with Crippen LogP contribution in [0.5, 0.6) is 0 Å². The van der Waals surface area contributed by atoms with E-state index in [9.17, 15) is 4.79 Å². The van der Waals surface area contributed by atoms with Gasteiger partial charge in [0.1, 0.15) is 0 Å². The maximum atomic E-state index is 11.0. The standard InChI is InChI=1S/C10H18O2/c1-5-6-9(4)7-12-10(11)8(2)3/h7-8H,5-6H2,1-4H3. The quantitative estimate of drug-likeness (QED) is 0.479. The van der Waals surface area contributed by atoms with Gasteiger partial charge in [-0.3, -0.25) is 4.79 Å². The summed E-state index contributed by atoms with van der Waals surface area (Å²) in [6.45, 7) is 7.72. The van der Waals surface area contributed by atoms with Crippen molar-refractivity contribution in [3.63, 3.8) is 0 Å². The number of carbonyl (C=O) groups is 1. The number of hydrogen-bond donors (Lipinski definition) is 0. The molecule has 0 atom stereocenters. The molecule has 0 aromatic heterocycles. The Bertz CT molecular complexity index is 169. The van der Waals surface area contributed by atoms with Gasteiger partial charge in [-0.1, -0.05) is 27.2 Å². The summed E-state index contributed by atoms with van der Waals surface area (Å²) < 4.78 is 4.92. The van der Waals surface area contributed by atoms with Gasteiger partial charge in [0.2, 0.25) is 0 Å². The maximum Gasteiger partial charge on any atom is 0.313 e. The Morgan fingerprint density at radius 2 is 2.08 bits per heavy atom. The molecule has 0 heterocycles. The molecule has 0 bridgehead atoms. The van der Waals surface area contributed by atoms with Crippen LogP contribution >= 0.6 is 0 Å². The highest BCUT2D eigenvalue weighted by Gasteiger charge is 2.05. The second-order valence-electron chi connectivity index (χ2n) is 3.31. The van der Waals surface area contributed by atoms with Crippen LogP contribution in [0, 0.1) is 5.92 Å². The maximum absolute atomic E-state index is 11.0. The fraction of sp³-hybridized carbons (Fsp3) is 0.700. The molecule has 0 rings (SSSR count). The van der Waals surface area contributed by atoms with Crippen LogP contribution in [0.1, 0.15) is 40.5 Å². The van der Waals surface area contributed by atoms with E-state index in [1.54, 1.807) is 6.26 Å². The average molecular weight is 170 g/mol. The van der Waals surface area contributed by atoms with Crippen molar-refractivity contribution in [2.75, 3.05) is 0 Å². The number of rotatable bonds is 4. The number of esters is 1. The first-order valence-corrected chi connectivity index (χ1v) is 4.44. The lowest BCUT2D eigenvalue weighted by atomic mass is 10.2. The molecule has 0 aliphatic carbocycles. The fourth-order valence-corrected chi connectivity index (χ4v) is 0.748. The van der Waals surface area contributed by atoms with Gasteiger partial charge in [-0.2, -0.15) is 0 Å². The Morgan fingerprint density at radius 1 is 1.50 bits per heavy atom. The Hall–Kier alpha value is -0.790. The van der Waals surface area contributed by atoms with E-state index < -0.39 is 0 Å². The molecule has 70 valence electrons. The molecule has 0 aliphatic rings. The summed E-state index contributed by atoms with van der Waals surface area (Å²) in [7, 11) is 0. The molecule has 0 aliphatic heterocycles. The zero-order valence-electron chi connectivity index (χ0n) is 8.39. The summed E-state index contributed by atoms with van der Waals surface area (Å²) in [6.07, 6.45) is 3.64. The first kappa shape index (κ1) is 11.2. The molecule has 0 saturated carbocycles. The zero-order valence-corrected chi connectivity index (χ0v) is 8.39. The molecule has 0 fully saturated rings. The summed E-state index contributed by atoms with van der Waals surface area (Å²) in [5, 5.41) is 0. The number of hydrogen-bond acceptors (Lipinski definition) is 2. The number of allylic oxidation sites excluding steroid dienone is 1. The minimum absolute atomic E-state index is 0.0457. The molecule has 0 amide bonds. The van der Waals surface area contributed by atoms with Gasteiger partial charge in [-0.25, -0.2) is 0 Å². The molecular formula is C10H18O2. The highest BCUT2D eigenvalue weighted by atomic mass is 16.5. The van der Waals surface area contributed by atoms with Crippen molar-refractivity contribution >= 4 is 5.97 Å². The molecule has 0 radical (unpaired) electrons. The molecule has 12 heavy (non-hydrogen) atoms. The van der Waals surface area contributed by atoms with Crippen LogP contribution in [-0.4, -0.2) is 5.97 Å². The van der Waals surface area contributed by atoms with Crippen molar-refractivity contribution in [2.45, 2.75) is 40.5 Å². The number of carbonyl (C=O) groups excluding carboxylic acids is 1. The molecule has 0 unspecified atom stereocenters. The third kappa shape index (κ3) is 4.94. The van der Waals surface area contributed by atoms with E-state index in [0.717, 1.165) is 18.4 Å². The van der Waals surface area contributed by atoms with Crippen LogP contribution in [-0.2, 0) is 9.53 Å². The van der Waals surface area contributed by atoms with E-state index in [2.05, 4.69) is 6.92 Å². The van der Waals surface area contributed by atoms with Crippen LogP contribution in [0.15, 0.2) is 11.8 Å². The van der Waals surface area contributed by atoms with Gasteiger partial charge in [-0.15, -0.1) is 0 Å². The largest absolute Gasteiger partial charge is 0.434 e. The Morgan fingerprint density at radius 3 is 2.50 bits per heavy atom. The summed E-state index contributed by atoms with van der Waals surface area (Å²) in [6, 6.07) is 0. The highest BCUT2D eigenvalue weighted by molar-refractivity contribution is 5.72. The van der Waals surface area contributed by atoms with Gasteiger partial charge in [0.05, 0.1) is 12.2 Å². The van der Waals surface area contributed by atoms with Crippen molar-refractivity contribution < 1.29 is 9.53 Å². The van der Waals surface area contributed by atoms with Gasteiger partial charge >= 0.3 is 5.97 Å². The van der Waals surface area contributed by atoms with E-state index in [0.29, 0.717) is 0 Å². The van der Waals surface area contributed by atoms with E-state index in [-0.39, 0.29) is 11.9 Å². The normalized spacial score (nSPS) is 11.9. The van der Waals surface area contributed by atoms with Gasteiger partial charge < -0.3 is 4.74 Å². The van der Waals surface area contributed by atoms with E-state index in [4.69, 9.17) is 4.74 Å². The molecular weight excluding hydrogens is 152 g/mol. The SMILES string of the molecule is CCCC(C)=COC(=O)C(C)C. The predicted octanol–water partition coefficient (Wildman–Crippen LogP) is 2.89. The third-order valence-electron chi connectivity index (χ3n) is 1.49. The van der Waals surface area contributed by atoms with E-state index in [1.165, 1.54) is 0 Å².